The van der Waals surface area contributed by atoms with Crippen LogP contribution in [0.3, 0.4) is 0 Å². The minimum atomic E-state index is -0.156. The molecule has 0 saturated heterocycles. The molecule has 0 bridgehead atoms. The van der Waals surface area contributed by atoms with Crippen LogP contribution in [0.2, 0.25) is 0 Å². The van der Waals surface area contributed by atoms with Crippen molar-refractivity contribution in [1.29, 1.82) is 0 Å². The molecule has 0 amide bonds. The van der Waals surface area contributed by atoms with Crippen LogP contribution in [0.1, 0.15) is 5.56 Å². The molecule has 1 heterocycles. The van der Waals surface area contributed by atoms with E-state index in [0.29, 0.717) is 17.4 Å². The zero-order valence-corrected chi connectivity index (χ0v) is 13.2. The lowest BCUT2D eigenvalue weighted by Crippen LogP contribution is -2.26. The fourth-order valence-corrected chi connectivity index (χ4v) is 2.90. The highest BCUT2D eigenvalue weighted by Gasteiger charge is 2.12. The Bertz CT molecular complexity index is 744. The maximum absolute atomic E-state index is 9.57. The number of phenolic OH excluding ortho intramolecular Hbond substituents is 1. The Hall–Kier alpha value is -2.44. The van der Waals surface area contributed by atoms with Crippen molar-refractivity contribution in [2.24, 2.45) is 0 Å². The fraction of sp³-hybridized carbons (Fsp3) is 0.176. The first kappa shape index (κ1) is 15.5. The van der Waals surface area contributed by atoms with Gasteiger partial charge in [0.1, 0.15) is 5.75 Å². The predicted molar refractivity (Wildman–Crippen MR) is 91.7 cm³/mol. The Morgan fingerprint density at radius 2 is 1.78 bits per heavy atom. The molecule has 0 spiro atoms. The summed E-state index contributed by atoms with van der Waals surface area (Å²) >= 11 is 1.28. The molecule has 3 N–H and O–H groups in total. The lowest BCUT2D eigenvalue weighted by Gasteiger charge is -2.15. The highest BCUT2D eigenvalue weighted by molar-refractivity contribution is 7.09. The number of aromatic hydroxyl groups is 1. The first-order valence-electron chi connectivity index (χ1n) is 7.29. The second-order valence-corrected chi connectivity index (χ2v) is 5.94. The summed E-state index contributed by atoms with van der Waals surface area (Å²) in [4.78, 5) is 4.47. The van der Waals surface area contributed by atoms with Gasteiger partial charge in [-0.3, -0.25) is 0 Å². The molecule has 0 aliphatic carbocycles. The van der Waals surface area contributed by atoms with Crippen LogP contribution in [0.4, 0.5) is 5.13 Å². The van der Waals surface area contributed by atoms with Crippen LogP contribution in [-0.4, -0.2) is 32.2 Å². The number of aromatic nitrogens is 2. The van der Waals surface area contributed by atoms with Crippen LogP contribution in [0.5, 0.6) is 5.75 Å². The summed E-state index contributed by atoms with van der Waals surface area (Å²) in [5, 5.41) is 22.8. The van der Waals surface area contributed by atoms with Gasteiger partial charge in [-0.05, 0) is 24.1 Å². The summed E-state index contributed by atoms with van der Waals surface area (Å²) in [6.45, 7) is -0.0128. The van der Waals surface area contributed by atoms with E-state index in [1.54, 1.807) is 12.1 Å². The molecule has 0 fully saturated rings. The van der Waals surface area contributed by atoms with Gasteiger partial charge < -0.3 is 15.5 Å². The minimum Gasteiger partial charge on any atom is -0.508 e. The molecule has 1 aromatic heterocycles. The van der Waals surface area contributed by atoms with Gasteiger partial charge in [0.2, 0.25) is 5.13 Å². The monoisotopic (exact) mass is 327 g/mol. The van der Waals surface area contributed by atoms with Crippen LogP contribution < -0.4 is 5.32 Å². The van der Waals surface area contributed by atoms with E-state index in [1.165, 1.54) is 11.5 Å². The first-order chi connectivity index (χ1) is 11.2. The van der Waals surface area contributed by atoms with Crippen molar-refractivity contribution >= 4 is 16.7 Å². The van der Waals surface area contributed by atoms with Crippen LogP contribution in [0, 0.1) is 0 Å². The Labute approximate surface area is 138 Å². The van der Waals surface area contributed by atoms with Gasteiger partial charge in [0, 0.05) is 17.1 Å². The van der Waals surface area contributed by atoms with Gasteiger partial charge in [-0.1, -0.05) is 42.5 Å². The molecule has 6 heteroatoms. The molecule has 5 nitrogen and oxygen atoms in total. The zero-order valence-electron chi connectivity index (χ0n) is 12.4. The van der Waals surface area contributed by atoms with E-state index in [2.05, 4.69) is 14.7 Å². The molecule has 2 aromatic carbocycles. The highest BCUT2D eigenvalue weighted by Crippen LogP contribution is 2.22. The van der Waals surface area contributed by atoms with Gasteiger partial charge in [-0.15, -0.1) is 0 Å². The molecule has 118 valence electrons. The van der Waals surface area contributed by atoms with E-state index in [1.807, 2.05) is 42.5 Å². The largest absolute Gasteiger partial charge is 0.508 e. The maximum Gasteiger partial charge on any atom is 0.203 e. The summed E-state index contributed by atoms with van der Waals surface area (Å²) in [5.74, 6) is 0.915. The first-order valence-corrected chi connectivity index (χ1v) is 8.06. The smallest absolute Gasteiger partial charge is 0.203 e. The quantitative estimate of drug-likeness (QED) is 0.649. The van der Waals surface area contributed by atoms with Crippen molar-refractivity contribution in [3.05, 3.63) is 60.2 Å². The zero-order chi connectivity index (χ0) is 16.1. The average Bonchev–Trinajstić information content (AvgIpc) is 3.05. The number of rotatable bonds is 6. The van der Waals surface area contributed by atoms with Gasteiger partial charge in [0.25, 0.3) is 0 Å². The van der Waals surface area contributed by atoms with Gasteiger partial charge in [0.15, 0.2) is 5.82 Å². The van der Waals surface area contributed by atoms with Gasteiger partial charge >= 0.3 is 0 Å². The third-order valence-electron chi connectivity index (χ3n) is 3.42. The third kappa shape index (κ3) is 4.06. The Kier molecular flexibility index (Phi) is 4.85. The van der Waals surface area contributed by atoms with Gasteiger partial charge in [0.05, 0.1) is 12.6 Å². The van der Waals surface area contributed by atoms with Crippen LogP contribution in [-0.2, 0) is 6.42 Å². The number of nitrogens with zero attached hydrogens (tertiary/aromatic N) is 2. The molecule has 0 unspecified atom stereocenters. The highest BCUT2D eigenvalue weighted by atomic mass is 32.1. The third-order valence-corrected chi connectivity index (χ3v) is 4.07. The summed E-state index contributed by atoms with van der Waals surface area (Å²) in [7, 11) is 0. The number of anilines is 1. The molecule has 23 heavy (non-hydrogen) atoms. The van der Waals surface area contributed by atoms with E-state index < -0.39 is 0 Å². The van der Waals surface area contributed by atoms with Crippen molar-refractivity contribution in [3.8, 4) is 17.1 Å². The summed E-state index contributed by atoms with van der Waals surface area (Å²) in [5.41, 5.74) is 2.00. The number of nitrogens with one attached hydrogen (secondary N) is 1. The van der Waals surface area contributed by atoms with E-state index in [0.717, 1.165) is 11.1 Å². The Balaban J connectivity index is 1.67. The molecule has 0 radical (unpaired) electrons. The number of aliphatic hydroxyl groups is 1. The molecule has 0 aliphatic rings. The van der Waals surface area contributed by atoms with E-state index in [-0.39, 0.29) is 18.4 Å². The number of hydrogen-bond donors (Lipinski definition) is 3. The Morgan fingerprint density at radius 1 is 1.04 bits per heavy atom. The summed E-state index contributed by atoms with van der Waals surface area (Å²) < 4.78 is 4.35. The molecule has 1 atom stereocenters. The average molecular weight is 327 g/mol. The standard InChI is InChI=1S/C17H17N3O2S/c21-11-14(10-12-6-8-15(22)9-7-12)18-17-19-16(20-23-17)13-4-2-1-3-5-13/h1-9,14,21-22H,10-11H2,(H,18,19,20)/t14-/m0/s1. The SMILES string of the molecule is OC[C@H](Cc1ccc(O)cc1)Nc1nc(-c2ccccc2)ns1. The molecular formula is C17H17N3O2S. The molecule has 0 aliphatic heterocycles. The number of aliphatic hydroxyl groups excluding tert-OH is 1. The second kappa shape index (κ2) is 7.21. The maximum atomic E-state index is 9.57. The van der Waals surface area contributed by atoms with Crippen molar-refractivity contribution in [2.45, 2.75) is 12.5 Å². The van der Waals surface area contributed by atoms with Crippen molar-refractivity contribution in [3.63, 3.8) is 0 Å². The normalized spacial score (nSPS) is 12.0. The lowest BCUT2D eigenvalue weighted by atomic mass is 10.1. The molecular weight excluding hydrogens is 310 g/mol. The molecule has 0 saturated carbocycles. The Morgan fingerprint density at radius 3 is 2.48 bits per heavy atom. The van der Waals surface area contributed by atoms with E-state index in [4.69, 9.17) is 0 Å². The van der Waals surface area contributed by atoms with E-state index in [9.17, 15) is 10.2 Å². The van der Waals surface area contributed by atoms with Gasteiger partial charge in [-0.2, -0.15) is 9.36 Å². The number of phenols is 1. The van der Waals surface area contributed by atoms with Gasteiger partial charge in [-0.25, -0.2) is 0 Å². The minimum absolute atomic E-state index is 0.0128. The predicted octanol–water partition coefficient (Wildman–Crippen LogP) is 2.93. The van der Waals surface area contributed by atoms with Crippen LogP contribution >= 0.6 is 11.5 Å². The summed E-state index contributed by atoms with van der Waals surface area (Å²) in [6.07, 6.45) is 0.636. The summed E-state index contributed by atoms with van der Waals surface area (Å²) in [6, 6.07) is 16.6. The molecule has 3 aromatic rings. The number of hydrogen-bond acceptors (Lipinski definition) is 6. The van der Waals surface area contributed by atoms with Crippen LogP contribution in [0.25, 0.3) is 11.4 Å². The lowest BCUT2D eigenvalue weighted by molar-refractivity contribution is 0.273. The van der Waals surface area contributed by atoms with Crippen molar-refractivity contribution < 1.29 is 10.2 Å². The molecule has 3 rings (SSSR count). The van der Waals surface area contributed by atoms with Crippen LogP contribution in [0.15, 0.2) is 54.6 Å². The number of benzene rings is 2. The van der Waals surface area contributed by atoms with E-state index >= 15 is 0 Å². The van der Waals surface area contributed by atoms with Crippen molar-refractivity contribution in [2.75, 3.05) is 11.9 Å². The second-order valence-electron chi connectivity index (χ2n) is 5.18. The van der Waals surface area contributed by atoms with Crippen molar-refractivity contribution in [1.82, 2.24) is 9.36 Å². The fourth-order valence-electron chi connectivity index (χ4n) is 2.24. The topological polar surface area (TPSA) is 78.3 Å².